The van der Waals surface area contributed by atoms with Crippen molar-refractivity contribution in [3.8, 4) is 0 Å². The lowest BCUT2D eigenvalue weighted by molar-refractivity contribution is -0.118. The Morgan fingerprint density at radius 2 is 2.22 bits per heavy atom. The first-order valence-corrected chi connectivity index (χ1v) is 5.91. The minimum absolute atomic E-state index is 0.00757. The number of benzene rings is 1. The van der Waals surface area contributed by atoms with Crippen molar-refractivity contribution >= 4 is 17.6 Å². The summed E-state index contributed by atoms with van der Waals surface area (Å²) in [6.45, 7) is 2.40. The molecule has 0 aliphatic carbocycles. The second-order valence-electron chi connectivity index (χ2n) is 4.63. The van der Waals surface area contributed by atoms with Gasteiger partial charge in [-0.2, -0.15) is 0 Å². The van der Waals surface area contributed by atoms with Crippen LogP contribution in [0.4, 0.5) is 5.69 Å². The molecular weight excluding hydrogens is 232 g/mol. The largest absolute Gasteiger partial charge is 0.478 e. The number of carbonyl (C=O) groups excluding carboxylic acids is 1. The van der Waals surface area contributed by atoms with E-state index in [0.29, 0.717) is 19.4 Å². The van der Waals surface area contributed by atoms with Crippen LogP contribution in [0.25, 0.3) is 0 Å². The highest BCUT2D eigenvalue weighted by atomic mass is 16.4. The van der Waals surface area contributed by atoms with Gasteiger partial charge in [0.15, 0.2) is 0 Å². The summed E-state index contributed by atoms with van der Waals surface area (Å²) < 4.78 is 0. The second kappa shape index (κ2) is 4.78. The van der Waals surface area contributed by atoms with Gasteiger partial charge in [-0.15, -0.1) is 0 Å². The summed E-state index contributed by atoms with van der Waals surface area (Å²) in [4.78, 5) is 24.5. The van der Waals surface area contributed by atoms with Gasteiger partial charge in [-0.3, -0.25) is 4.79 Å². The lowest BCUT2D eigenvalue weighted by Crippen LogP contribution is -2.33. The summed E-state index contributed by atoms with van der Waals surface area (Å²) in [6.07, 6.45) is 1.00. The van der Waals surface area contributed by atoms with E-state index in [1.165, 1.54) is 6.07 Å². The fourth-order valence-electron chi connectivity index (χ4n) is 2.18. The number of carbonyl (C=O) groups is 2. The normalized spacial score (nSPS) is 15.3. The Kier molecular flexibility index (Phi) is 3.34. The van der Waals surface area contributed by atoms with Crippen molar-refractivity contribution in [2.24, 2.45) is 5.73 Å². The number of nitrogens with zero attached hydrogens (tertiary/aromatic N) is 1. The van der Waals surface area contributed by atoms with Gasteiger partial charge in [0.25, 0.3) is 0 Å². The van der Waals surface area contributed by atoms with E-state index in [1.54, 1.807) is 24.0 Å². The van der Waals surface area contributed by atoms with Gasteiger partial charge in [-0.1, -0.05) is 0 Å². The Morgan fingerprint density at radius 1 is 1.50 bits per heavy atom. The molecule has 5 heteroatoms. The van der Waals surface area contributed by atoms with E-state index >= 15 is 0 Å². The third-order valence-corrected chi connectivity index (χ3v) is 3.02. The lowest BCUT2D eigenvalue weighted by Gasteiger charge is -2.18. The molecule has 1 aliphatic rings. The van der Waals surface area contributed by atoms with E-state index in [2.05, 4.69) is 0 Å². The number of hydrogen-bond donors (Lipinski definition) is 2. The molecular formula is C13H16N2O3. The molecule has 96 valence electrons. The maximum Gasteiger partial charge on any atom is 0.335 e. The van der Waals surface area contributed by atoms with Crippen molar-refractivity contribution in [2.45, 2.75) is 25.8 Å². The molecule has 1 amide bonds. The number of aromatic carboxylic acids is 1. The van der Waals surface area contributed by atoms with Crippen LogP contribution in [0.2, 0.25) is 0 Å². The van der Waals surface area contributed by atoms with Crippen molar-refractivity contribution in [3.05, 3.63) is 29.3 Å². The minimum Gasteiger partial charge on any atom is -0.478 e. The predicted molar refractivity (Wildman–Crippen MR) is 67.7 cm³/mol. The number of rotatable bonds is 3. The first-order valence-electron chi connectivity index (χ1n) is 5.91. The average molecular weight is 248 g/mol. The zero-order valence-electron chi connectivity index (χ0n) is 10.2. The molecule has 2 rings (SSSR count). The Bertz CT molecular complexity index is 497. The Labute approximate surface area is 105 Å². The van der Waals surface area contributed by atoms with Crippen LogP contribution >= 0.6 is 0 Å². The fourth-order valence-corrected chi connectivity index (χ4v) is 2.18. The molecule has 0 saturated heterocycles. The molecule has 5 nitrogen and oxygen atoms in total. The molecule has 0 fully saturated rings. The van der Waals surface area contributed by atoms with Gasteiger partial charge in [-0.05, 0) is 37.1 Å². The van der Waals surface area contributed by atoms with E-state index < -0.39 is 5.97 Å². The molecule has 1 aromatic rings. The average Bonchev–Trinajstić information content (AvgIpc) is 2.70. The number of fused-ring (bicyclic) bond motifs is 1. The van der Waals surface area contributed by atoms with Crippen molar-refractivity contribution in [2.75, 3.05) is 11.4 Å². The van der Waals surface area contributed by atoms with Gasteiger partial charge in [-0.25, -0.2) is 4.79 Å². The molecule has 0 radical (unpaired) electrons. The topological polar surface area (TPSA) is 83.6 Å². The van der Waals surface area contributed by atoms with Crippen LogP contribution in [0.15, 0.2) is 18.2 Å². The summed E-state index contributed by atoms with van der Waals surface area (Å²) in [7, 11) is 0. The minimum atomic E-state index is -0.946. The summed E-state index contributed by atoms with van der Waals surface area (Å²) in [5, 5.41) is 8.91. The standard InChI is InChI=1S/C13H16N2O3/c1-8(14)6-12(16)15-5-4-9-7-10(13(17)18)2-3-11(9)15/h2-3,7-8H,4-6,14H2,1H3,(H,17,18). The maximum absolute atomic E-state index is 12.0. The first-order chi connectivity index (χ1) is 8.49. The van der Waals surface area contributed by atoms with Crippen LogP contribution < -0.4 is 10.6 Å². The summed E-state index contributed by atoms with van der Waals surface area (Å²) in [6, 6.07) is 4.69. The van der Waals surface area contributed by atoms with Crippen molar-refractivity contribution in [1.82, 2.24) is 0 Å². The predicted octanol–water partition coefficient (Wildman–Crippen LogP) is 1.01. The molecule has 1 atom stereocenters. The SMILES string of the molecule is CC(N)CC(=O)N1CCc2cc(C(=O)O)ccc21. The van der Waals surface area contributed by atoms with Gasteiger partial charge in [0, 0.05) is 24.7 Å². The Balaban J connectivity index is 2.24. The monoisotopic (exact) mass is 248 g/mol. The smallest absolute Gasteiger partial charge is 0.335 e. The van der Waals surface area contributed by atoms with Gasteiger partial charge in [0.1, 0.15) is 0 Å². The third-order valence-electron chi connectivity index (χ3n) is 3.02. The van der Waals surface area contributed by atoms with E-state index in [1.807, 2.05) is 0 Å². The zero-order chi connectivity index (χ0) is 13.3. The van der Waals surface area contributed by atoms with Gasteiger partial charge in [0.05, 0.1) is 5.56 Å². The second-order valence-corrected chi connectivity index (χ2v) is 4.63. The van der Waals surface area contributed by atoms with E-state index in [0.717, 1.165) is 11.3 Å². The molecule has 0 bridgehead atoms. The van der Waals surface area contributed by atoms with Crippen LogP contribution in [0, 0.1) is 0 Å². The number of nitrogens with two attached hydrogens (primary N) is 1. The molecule has 0 aromatic heterocycles. The number of carboxylic acids is 1. The van der Waals surface area contributed by atoms with E-state index in [-0.39, 0.29) is 17.5 Å². The van der Waals surface area contributed by atoms with Crippen molar-refractivity contribution < 1.29 is 14.7 Å². The highest BCUT2D eigenvalue weighted by molar-refractivity contribution is 5.97. The van der Waals surface area contributed by atoms with Crippen LogP contribution in [0.3, 0.4) is 0 Å². The summed E-state index contributed by atoms with van der Waals surface area (Å²) in [5.74, 6) is -0.954. The molecule has 1 unspecified atom stereocenters. The molecule has 0 saturated carbocycles. The summed E-state index contributed by atoms with van der Waals surface area (Å²) in [5.41, 5.74) is 7.60. The number of hydrogen-bond acceptors (Lipinski definition) is 3. The fraction of sp³-hybridized carbons (Fsp3) is 0.385. The van der Waals surface area contributed by atoms with Gasteiger partial charge >= 0.3 is 5.97 Å². The third kappa shape index (κ3) is 2.36. The van der Waals surface area contributed by atoms with E-state index in [4.69, 9.17) is 10.8 Å². The lowest BCUT2D eigenvalue weighted by atomic mass is 10.1. The van der Waals surface area contributed by atoms with Gasteiger partial charge in [0.2, 0.25) is 5.91 Å². The molecule has 18 heavy (non-hydrogen) atoms. The highest BCUT2D eigenvalue weighted by Crippen LogP contribution is 2.29. The van der Waals surface area contributed by atoms with Gasteiger partial charge < -0.3 is 15.7 Å². The van der Waals surface area contributed by atoms with Crippen molar-refractivity contribution in [1.29, 1.82) is 0 Å². The van der Waals surface area contributed by atoms with E-state index in [9.17, 15) is 9.59 Å². The highest BCUT2D eigenvalue weighted by Gasteiger charge is 2.25. The number of anilines is 1. The van der Waals surface area contributed by atoms with Crippen molar-refractivity contribution in [3.63, 3.8) is 0 Å². The molecule has 1 aliphatic heterocycles. The van der Waals surface area contributed by atoms with Crippen LogP contribution in [0.5, 0.6) is 0 Å². The Morgan fingerprint density at radius 3 is 2.83 bits per heavy atom. The number of amides is 1. The zero-order valence-corrected chi connectivity index (χ0v) is 10.2. The van der Waals surface area contributed by atoms with Crippen LogP contribution in [0.1, 0.15) is 29.3 Å². The molecule has 1 heterocycles. The maximum atomic E-state index is 12.0. The summed E-state index contributed by atoms with van der Waals surface area (Å²) >= 11 is 0. The Hall–Kier alpha value is -1.88. The van der Waals surface area contributed by atoms with Crippen LogP contribution in [-0.2, 0) is 11.2 Å². The quantitative estimate of drug-likeness (QED) is 0.836. The number of carboxylic acid groups (broad SMARTS) is 1. The van der Waals surface area contributed by atoms with Crippen LogP contribution in [-0.4, -0.2) is 29.6 Å². The molecule has 1 aromatic carbocycles. The first kappa shape index (κ1) is 12.6. The molecule has 0 spiro atoms. The molecule has 3 N–H and O–H groups in total.